The summed E-state index contributed by atoms with van der Waals surface area (Å²) in [5.74, 6) is 0.845. The number of aliphatic hydroxyl groups excluding tert-OH is 1. The normalized spacial score (nSPS) is 10.3. The van der Waals surface area contributed by atoms with Gasteiger partial charge < -0.3 is 14.6 Å². The van der Waals surface area contributed by atoms with Crippen molar-refractivity contribution in [2.75, 3.05) is 20.8 Å². The van der Waals surface area contributed by atoms with Crippen LogP contribution in [-0.2, 0) is 17.8 Å². The van der Waals surface area contributed by atoms with E-state index in [1.807, 2.05) is 12.1 Å². The maximum absolute atomic E-state index is 8.77. The van der Waals surface area contributed by atoms with Crippen LogP contribution < -0.4 is 4.74 Å². The van der Waals surface area contributed by atoms with Gasteiger partial charge in [-0.3, -0.25) is 0 Å². The summed E-state index contributed by atoms with van der Waals surface area (Å²) in [6.07, 6.45) is 1.64. The van der Waals surface area contributed by atoms with Crippen LogP contribution in [0.1, 0.15) is 17.5 Å². The van der Waals surface area contributed by atoms with Gasteiger partial charge in [-0.15, -0.1) is 0 Å². The minimum absolute atomic E-state index is 0.219. The third kappa shape index (κ3) is 3.90. The molecule has 0 saturated carbocycles. The third-order valence-corrected chi connectivity index (χ3v) is 2.20. The molecule has 1 N–H and O–H groups in total. The second-order valence-electron chi connectivity index (χ2n) is 3.45. The van der Waals surface area contributed by atoms with Crippen LogP contribution in [0.5, 0.6) is 5.75 Å². The van der Waals surface area contributed by atoms with Crippen LogP contribution in [0.15, 0.2) is 18.2 Å². The fraction of sp³-hybridized carbons (Fsp3) is 0.500. The summed E-state index contributed by atoms with van der Waals surface area (Å²) in [4.78, 5) is 0. The summed E-state index contributed by atoms with van der Waals surface area (Å²) < 4.78 is 10.3. The van der Waals surface area contributed by atoms with Crippen molar-refractivity contribution in [3.05, 3.63) is 29.3 Å². The minimum Gasteiger partial charge on any atom is -0.497 e. The lowest BCUT2D eigenvalue weighted by Crippen LogP contribution is -1.95. The number of rotatable bonds is 6. The van der Waals surface area contributed by atoms with Crippen molar-refractivity contribution >= 4 is 0 Å². The number of hydrogen-bond acceptors (Lipinski definition) is 3. The Morgan fingerprint density at radius 2 is 1.87 bits per heavy atom. The number of methoxy groups -OCH3 is 2. The van der Waals surface area contributed by atoms with E-state index in [0.717, 1.165) is 24.2 Å². The van der Waals surface area contributed by atoms with Gasteiger partial charge >= 0.3 is 0 Å². The van der Waals surface area contributed by atoms with E-state index in [9.17, 15) is 0 Å². The molecule has 0 aliphatic rings. The summed E-state index contributed by atoms with van der Waals surface area (Å²) in [5.41, 5.74) is 2.28. The molecule has 0 heterocycles. The average molecular weight is 210 g/mol. The van der Waals surface area contributed by atoms with Gasteiger partial charge in [-0.05, 0) is 36.1 Å². The Morgan fingerprint density at radius 1 is 1.13 bits per heavy atom. The van der Waals surface area contributed by atoms with Crippen molar-refractivity contribution in [2.45, 2.75) is 19.4 Å². The van der Waals surface area contributed by atoms with Gasteiger partial charge in [0.25, 0.3) is 0 Å². The summed E-state index contributed by atoms with van der Waals surface area (Å²) >= 11 is 0. The topological polar surface area (TPSA) is 38.7 Å². The largest absolute Gasteiger partial charge is 0.497 e. The van der Waals surface area contributed by atoms with Crippen LogP contribution in [-0.4, -0.2) is 25.9 Å². The van der Waals surface area contributed by atoms with E-state index in [4.69, 9.17) is 14.6 Å². The highest BCUT2D eigenvalue weighted by Gasteiger charge is 2.01. The first-order valence-electron chi connectivity index (χ1n) is 5.06. The highest BCUT2D eigenvalue weighted by atomic mass is 16.5. The standard InChI is InChI=1S/C12H18O3/c1-14-9-11-6-10(4-3-5-13)7-12(8-11)15-2/h6-8,13H,3-5,9H2,1-2H3. The Hall–Kier alpha value is -1.06. The molecule has 0 radical (unpaired) electrons. The van der Waals surface area contributed by atoms with Crippen LogP contribution in [0.4, 0.5) is 0 Å². The zero-order chi connectivity index (χ0) is 11.1. The van der Waals surface area contributed by atoms with Crippen molar-refractivity contribution in [2.24, 2.45) is 0 Å². The first-order chi connectivity index (χ1) is 7.30. The molecule has 1 aromatic rings. The van der Waals surface area contributed by atoms with Gasteiger partial charge in [-0.2, -0.15) is 0 Å². The van der Waals surface area contributed by atoms with Gasteiger partial charge in [0.1, 0.15) is 5.75 Å². The maximum Gasteiger partial charge on any atom is 0.119 e. The molecule has 0 aromatic heterocycles. The molecule has 3 heteroatoms. The van der Waals surface area contributed by atoms with E-state index in [2.05, 4.69) is 6.07 Å². The number of ether oxygens (including phenoxy) is 2. The molecule has 0 aliphatic heterocycles. The van der Waals surface area contributed by atoms with Crippen molar-refractivity contribution in [1.29, 1.82) is 0 Å². The SMILES string of the molecule is COCc1cc(CCCO)cc(OC)c1. The first-order valence-corrected chi connectivity index (χ1v) is 5.06. The zero-order valence-corrected chi connectivity index (χ0v) is 9.32. The average Bonchev–Trinajstić information content (AvgIpc) is 2.26. The Bertz CT molecular complexity index is 297. The van der Waals surface area contributed by atoms with E-state index in [0.29, 0.717) is 6.61 Å². The van der Waals surface area contributed by atoms with Gasteiger partial charge in [0.05, 0.1) is 13.7 Å². The van der Waals surface area contributed by atoms with Crippen LogP contribution in [0.25, 0.3) is 0 Å². The molecule has 0 aliphatic carbocycles. The molecule has 1 rings (SSSR count). The molecule has 3 nitrogen and oxygen atoms in total. The molecule has 0 unspecified atom stereocenters. The molecule has 0 spiro atoms. The molecule has 1 aromatic carbocycles. The van der Waals surface area contributed by atoms with E-state index in [1.54, 1.807) is 14.2 Å². The van der Waals surface area contributed by atoms with Gasteiger partial charge in [0.2, 0.25) is 0 Å². The number of hydrogen-bond donors (Lipinski definition) is 1. The smallest absolute Gasteiger partial charge is 0.119 e. The Labute approximate surface area is 90.6 Å². The molecule has 0 amide bonds. The number of benzene rings is 1. The second-order valence-corrected chi connectivity index (χ2v) is 3.45. The lowest BCUT2D eigenvalue weighted by atomic mass is 10.1. The lowest BCUT2D eigenvalue weighted by molar-refractivity contribution is 0.184. The van der Waals surface area contributed by atoms with Gasteiger partial charge in [-0.1, -0.05) is 6.07 Å². The van der Waals surface area contributed by atoms with Crippen LogP contribution >= 0.6 is 0 Å². The predicted molar refractivity (Wildman–Crippen MR) is 59.1 cm³/mol. The summed E-state index contributed by atoms with van der Waals surface area (Å²) in [5, 5.41) is 8.77. The van der Waals surface area contributed by atoms with E-state index < -0.39 is 0 Å². The predicted octanol–water partition coefficient (Wildman–Crippen LogP) is 1.77. The Kier molecular flexibility index (Phi) is 5.15. The molecule has 0 bridgehead atoms. The Balaban J connectivity index is 2.79. The van der Waals surface area contributed by atoms with Crippen LogP contribution in [0, 0.1) is 0 Å². The molecule has 0 fully saturated rings. The zero-order valence-electron chi connectivity index (χ0n) is 9.32. The third-order valence-electron chi connectivity index (χ3n) is 2.20. The fourth-order valence-corrected chi connectivity index (χ4v) is 1.52. The lowest BCUT2D eigenvalue weighted by Gasteiger charge is -2.08. The maximum atomic E-state index is 8.77. The van der Waals surface area contributed by atoms with Crippen molar-refractivity contribution in [3.63, 3.8) is 0 Å². The van der Waals surface area contributed by atoms with Gasteiger partial charge in [0.15, 0.2) is 0 Å². The van der Waals surface area contributed by atoms with E-state index in [-0.39, 0.29) is 6.61 Å². The molecule has 0 atom stereocenters. The summed E-state index contributed by atoms with van der Waals surface area (Å²) in [6, 6.07) is 6.04. The second kappa shape index (κ2) is 6.43. The van der Waals surface area contributed by atoms with Gasteiger partial charge in [0, 0.05) is 13.7 Å². The monoisotopic (exact) mass is 210 g/mol. The number of aliphatic hydroxyl groups is 1. The van der Waals surface area contributed by atoms with Crippen LogP contribution in [0.3, 0.4) is 0 Å². The van der Waals surface area contributed by atoms with E-state index in [1.165, 1.54) is 5.56 Å². The summed E-state index contributed by atoms with van der Waals surface area (Å²) in [6.45, 7) is 0.806. The minimum atomic E-state index is 0.219. The quantitative estimate of drug-likeness (QED) is 0.777. The summed E-state index contributed by atoms with van der Waals surface area (Å²) in [7, 11) is 3.33. The first kappa shape index (κ1) is 12.0. The highest BCUT2D eigenvalue weighted by molar-refractivity contribution is 5.34. The molecule has 15 heavy (non-hydrogen) atoms. The molecule has 0 saturated heterocycles. The highest BCUT2D eigenvalue weighted by Crippen LogP contribution is 2.18. The van der Waals surface area contributed by atoms with Crippen molar-refractivity contribution in [3.8, 4) is 5.75 Å². The number of aryl methyl sites for hydroxylation is 1. The molecule has 84 valence electrons. The van der Waals surface area contributed by atoms with Crippen LogP contribution in [0.2, 0.25) is 0 Å². The Morgan fingerprint density at radius 3 is 2.47 bits per heavy atom. The fourth-order valence-electron chi connectivity index (χ4n) is 1.52. The van der Waals surface area contributed by atoms with Crippen molar-refractivity contribution in [1.82, 2.24) is 0 Å². The molecular formula is C12H18O3. The van der Waals surface area contributed by atoms with E-state index >= 15 is 0 Å². The van der Waals surface area contributed by atoms with Gasteiger partial charge in [-0.25, -0.2) is 0 Å². The molecular weight excluding hydrogens is 192 g/mol. The van der Waals surface area contributed by atoms with Crippen molar-refractivity contribution < 1.29 is 14.6 Å².